The summed E-state index contributed by atoms with van der Waals surface area (Å²) in [6, 6.07) is -0.503. The summed E-state index contributed by atoms with van der Waals surface area (Å²) in [7, 11) is 0. The molecule has 0 aromatic carbocycles. The maximum atomic E-state index is 10.7. The minimum absolute atomic E-state index is 0.380. The monoisotopic (exact) mass is 211 g/mol. The molecule has 0 aromatic heterocycles. The van der Waals surface area contributed by atoms with Crippen molar-refractivity contribution >= 4 is 11.8 Å². The lowest BCUT2D eigenvalue weighted by Crippen LogP contribution is -2.39. The molecule has 2 rings (SSSR count). The molecule has 0 amide bonds. The largest absolute Gasteiger partial charge is 0.480 e. The lowest BCUT2D eigenvalue weighted by molar-refractivity contribution is -0.138. The smallest absolute Gasteiger partial charge is 0.328 e. The highest BCUT2D eigenvalue weighted by Gasteiger charge is 2.25. The number of hydrogen-bond acceptors (Lipinski definition) is 4. The third kappa shape index (κ3) is 2.68. The maximum absolute atomic E-state index is 10.7. The van der Waals surface area contributed by atoms with Gasteiger partial charge in [-0.3, -0.25) is 4.99 Å². The van der Waals surface area contributed by atoms with Gasteiger partial charge < -0.3 is 15.7 Å². The standard InChI is InChI=1S/C10H17N3O2/c14-10(15)8-6-12-9(13-8)4-7-2-1-3-11-5-7/h7-8,11H,1-6H2,(H,12,13)(H,14,15). The van der Waals surface area contributed by atoms with Gasteiger partial charge in [-0.1, -0.05) is 0 Å². The average Bonchev–Trinajstić information content (AvgIpc) is 2.68. The van der Waals surface area contributed by atoms with Crippen molar-refractivity contribution in [2.24, 2.45) is 10.9 Å². The van der Waals surface area contributed by atoms with Crippen molar-refractivity contribution < 1.29 is 9.90 Å². The molecule has 0 aromatic rings. The van der Waals surface area contributed by atoms with Crippen LogP contribution in [0.5, 0.6) is 0 Å². The van der Waals surface area contributed by atoms with Crippen LogP contribution in [-0.4, -0.2) is 42.6 Å². The molecule has 0 saturated carbocycles. The van der Waals surface area contributed by atoms with Gasteiger partial charge in [-0.05, 0) is 31.8 Å². The molecule has 0 spiro atoms. The molecule has 1 fully saturated rings. The van der Waals surface area contributed by atoms with Gasteiger partial charge in [0.15, 0.2) is 0 Å². The second-order valence-electron chi connectivity index (χ2n) is 4.24. The fraction of sp³-hybridized carbons (Fsp3) is 0.800. The number of carboxylic acid groups (broad SMARTS) is 1. The number of nitrogens with one attached hydrogen (secondary N) is 2. The van der Waals surface area contributed by atoms with Gasteiger partial charge in [0.2, 0.25) is 0 Å². The molecule has 0 radical (unpaired) electrons. The Labute approximate surface area is 89.0 Å². The van der Waals surface area contributed by atoms with E-state index in [0.29, 0.717) is 12.5 Å². The van der Waals surface area contributed by atoms with Crippen LogP contribution in [0.4, 0.5) is 0 Å². The van der Waals surface area contributed by atoms with Crippen LogP contribution in [0.3, 0.4) is 0 Å². The highest BCUT2D eigenvalue weighted by molar-refractivity contribution is 5.90. The number of amidine groups is 1. The van der Waals surface area contributed by atoms with Crippen LogP contribution in [0.1, 0.15) is 19.3 Å². The summed E-state index contributed by atoms with van der Waals surface area (Å²) in [5, 5.41) is 15.1. The third-order valence-electron chi connectivity index (χ3n) is 2.98. The highest BCUT2D eigenvalue weighted by atomic mass is 16.4. The average molecular weight is 211 g/mol. The Morgan fingerprint density at radius 2 is 2.47 bits per heavy atom. The van der Waals surface area contributed by atoms with Crippen molar-refractivity contribution in [3.05, 3.63) is 0 Å². The number of carboxylic acids is 1. The Kier molecular flexibility index (Phi) is 3.20. The zero-order valence-electron chi connectivity index (χ0n) is 8.70. The van der Waals surface area contributed by atoms with Crippen LogP contribution in [0.2, 0.25) is 0 Å². The second-order valence-corrected chi connectivity index (χ2v) is 4.24. The molecule has 84 valence electrons. The van der Waals surface area contributed by atoms with Crippen LogP contribution >= 0.6 is 0 Å². The Morgan fingerprint density at radius 3 is 3.07 bits per heavy atom. The molecule has 3 N–H and O–H groups in total. The Bertz CT molecular complexity index is 272. The minimum Gasteiger partial charge on any atom is -0.480 e. The number of aliphatic carboxylic acids is 1. The predicted octanol–water partition coefficient (Wildman–Crippen LogP) is -0.169. The van der Waals surface area contributed by atoms with E-state index in [9.17, 15) is 4.79 Å². The van der Waals surface area contributed by atoms with E-state index >= 15 is 0 Å². The van der Waals surface area contributed by atoms with E-state index in [1.165, 1.54) is 12.8 Å². The van der Waals surface area contributed by atoms with Crippen molar-refractivity contribution in [3.63, 3.8) is 0 Å². The van der Waals surface area contributed by atoms with E-state index in [1.807, 2.05) is 0 Å². The van der Waals surface area contributed by atoms with Crippen LogP contribution in [0.15, 0.2) is 4.99 Å². The van der Waals surface area contributed by atoms with Gasteiger partial charge in [0.1, 0.15) is 6.04 Å². The van der Waals surface area contributed by atoms with Gasteiger partial charge in [-0.15, -0.1) is 0 Å². The number of rotatable bonds is 3. The molecule has 2 atom stereocenters. The lowest BCUT2D eigenvalue weighted by Gasteiger charge is -2.22. The van der Waals surface area contributed by atoms with Crippen molar-refractivity contribution in [1.29, 1.82) is 0 Å². The first kappa shape index (κ1) is 10.4. The Hall–Kier alpha value is -1.10. The van der Waals surface area contributed by atoms with Crippen molar-refractivity contribution in [1.82, 2.24) is 10.6 Å². The molecule has 0 bridgehead atoms. The van der Waals surface area contributed by atoms with Gasteiger partial charge in [0.25, 0.3) is 0 Å². The van der Waals surface area contributed by atoms with Crippen molar-refractivity contribution in [3.8, 4) is 0 Å². The summed E-state index contributed by atoms with van der Waals surface area (Å²) in [5.74, 6) is 0.671. The van der Waals surface area contributed by atoms with E-state index in [1.54, 1.807) is 0 Å². The van der Waals surface area contributed by atoms with E-state index in [4.69, 9.17) is 5.11 Å². The molecule has 5 heteroatoms. The van der Waals surface area contributed by atoms with E-state index < -0.39 is 12.0 Å². The van der Waals surface area contributed by atoms with Crippen LogP contribution < -0.4 is 10.6 Å². The Balaban J connectivity index is 1.78. The van der Waals surface area contributed by atoms with Gasteiger partial charge in [0, 0.05) is 6.42 Å². The number of carbonyl (C=O) groups is 1. The first-order chi connectivity index (χ1) is 7.25. The zero-order chi connectivity index (χ0) is 10.7. The summed E-state index contributed by atoms with van der Waals surface area (Å²) in [5.41, 5.74) is 0. The number of nitrogens with zero attached hydrogens (tertiary/aromatic N) is 1. The molecule has 2 aliphatic heterocycles. The fourth-order valence-corrected chi connectivity index (χ4v) is 2.13. The van der Waals surface area contributed by atoms with E-state index in [2.05, 4.69) is 15.6 Å². The molecule has 5 nitrogen and oxygen atoms in total. The molecule has 2 unspecified atom stereocenters. The number of piperidine rings is 1. The molecule has 2 aliphatic rings. The number of aliphatic imine (C=N–C) groups is 1. The summed E-state index contributed by atoms with van der Waals surface area (Å²) >= 11 is 0. The molecule has 2 heterocycles. The Morgan fingerprint density at radius 1 is 1.60 bits per heavy atom. The third-order valence-corrected chi connectivity index (χ3v) is 2.98. The summed E-state index contributed by atoms with van der Waals surface area (Å²) in [6.45, 7) is 2.51. The SMILES string of the molecule is O=C(O)C1CN=C(CC2CCCNC2)N1. The highest BCUT2D eigenvalue weighted by Crippen LogP contribution is 2.15. The lowest BCUT2D eigenvalue weighted by atomic mass is 9.96. The molecule has 15 heavy (non-hydrogen) atoms. The van der Waals surface area contributed by atoms with E-state index in [0.717, 1.165) is 25.3 Å². The first-order valence-electron chi connectivity index (χ1n) is 5.49. The van der Waals surface area contributed by atoms with Gasteiger partial charge in [-0.25, -0.2) is 4.79 Å². The van der Waals surface area contributed by atoms with Gasteiger partial charge in [0.05, 0.1) is 12.4 Å². The van der Waals surface area contributed by atoms with Crippen LogP contribution in [-0.2, 0) is 4.79 Å². The molecule has 1 saturated heterocycles. The summed E-state index contributed by atoms with van der Waals surface area (Å²) < 4.78 is 0. The molecule has 0 aliphatic carbocycles. The second kappa shape index (κ2) is 4.61. The molecular formula is C10H17N3O2. The predicted molar refractivity (Wildman–Crippen MR) is 57.1 cm³/mol. The van der Waals surface area contributed by atoms with Crippen molar-refractivity contribution in [2.75, 3.05) is 19.6 Å². The normalized spacial score (nSPS) is 30.8. The van der Waals surface area contributed by atoms with Crippen LogP contribution in [0.25, 0.3) is 0 Å². The first-order valence-corrected chi connectivity index (χ1v) is 5.49. The van der Waals surface area contributed by atoms with Crippen LogP contribution in [0, 0.1) is 5.92 Å². The maximum Gasteiger partial charge on any atom is 0.328 e. The summed E-state index contributed by atoms with van der Waals surface area (Å²) in [4.78, 5) is 14.9. The quantitative estimate of drug-likeness (QED) is 0.606. The van der Waals surface area contributed by atoms with Gasteiger partial charge >= 0.3 is 5.97 Å². The topological polar surface area (TPSA) is 73.7 Å². The van der Waals surface area contributed by atoms with E-state index in [-0.39, 0.29) is 0 Å². The number of hydrogen-bond donors (Lipinski definition) is 3. The summed E-state index contributed by atoms with van der Waals surface area (Å²) in [6.07, 6.45) is 3.31. The molecular weight excluding hydrogens is 194 g/mol. The van der Waals surface area contributed by atoms with Crippen molar-refractivity contribution in [2.45, 2.75) is 25.3 Å². The zero-order valence-corrected chi connectivity index (χ0v) is 8.70. The minimum atomic E-state index is -0.810. The van der Waals surface area contributed by atoms with Gasteiger partial charge in [-0.2, -0.15) is 0 Å². The fourth-order valence-electron chi connectivity index (χ4n) is 2.13.